The van der Waals surface area contributed by atoms with Gasteiger partial charge in [0.1, 0.15) is 23.8 Å². The van der Waals surface area contributed by atoms with Crippen LogP contribution in [-0.2, 0) is 15.7 Å². The van der Waals surface area contributed by atoms with Crippen molar-refractivity contribution < 1.29 is 32.0 Å². The fraction of sp³-hybridized carbons (Fsp3) is 0.429. The van der Waals surface area contributed by atoms with Crippen LogP contribution in [0.15, 0.2) is 48.5 Å². The molecule has 2 heterocycles. The van der Waals surface area contributed by atoms with Crippen molar-refractivity contribution in [3.8, 4) is 0 Å². The van der Waals surface area contributed by atoms with Gasteiger partial charge in [-0.05, 0) is 68.1 Å². The first-order valence-electron chi connectivity index (χ1n) is 13.4. The van der Waals surface area contributed by atoms with E-state index in [1.165, 1.54) is 18.2 Å². The molecule has 0 spiro atoms. The van der Waals surface area contributed by atoms with E-state index in [2.05, 4.69) is 15.2 Å². The van der Waals surface area contributed by atoms with E-state index < -0.39 is 22.4 Å². The van der Waals surface area contributed by atoms with Crippen LogP contribution >= 0.6 is 0 Å². The number of benzene rings is 2. The van der Waals surface area contributed by atoms with Gasteiger partial charge in [-0.25, -0.2) is 9.37 Å². The van der Waals surface area contributed by atoms with Crippen LogP contribution in [0.2, 0.25) is 0 Å². The first-order valence-corrected chi connectivity index (χ1v) is 13.4. The van der Waals surface area contributed by atoms with Gasteiger partial charge in [-0.15, -0.1) is 0 Å². The summed E-state index contributed by atoms with van der Waals surface area (Å²) >= 11 is 0. The number of ether oxygens (including phenoxy) is 1. The van der Waals surface area contributed by atoms with Crippen LogP contribution in [-0.4, -0.2) is 65.6 Å². The molecule has 1 saturated heterocycles. The Bertz CT molecular complexity index is 1420. The molecule has 41 heavy (non-hydrogen) atoms. The van der Waals surface area contributed by atoms with Crippen LogP contribution in [0.5, 0.6) is 0 Å². The average Bonchev–Trinajstić information content (AvgIpc) is 2.96. The van der Waals surface area contributed by atoms with Gasteiger partial charge in [0, 0.05) is 49.4 Å². The second-order valence-electron chi connectivity index (χ2n) is 10.3. The Balaban J connectivity index is 1.05. The average molecular weight is 576 g/mol. The number of carbonyl (C=O) groups is 1. The van der Waals surface area contributed by atoms with Gasteiger partial charge in [0.15, 0.2) is 0 Å². The number of hydrogen-bond donors (Lipinski definition) is 1. The number of nitro groups is 1. The van der Waals surface area contributed by atoms with E-state index in [1.54, 1.807) is 11.0 Å². The number of nitrogens with zero attached hydrogens (tertiary/aromatic N) is 4. The van der Waals surface area contributed by atoms with Gasteiger partial charge in [0.2, 0.25) is 5.91 Å². The lowest BCUT2D eigenvalue weighted by atomic mass is 9.92. The van der Waals surface area contributed by atoms with E-state index >= 15 is 0 Å². The lowest BCUT2D eigenvalue weighted by molar-refractivity contribution is -0.388. The maximum Gasteiger partial charge on any atom is 0.423 e. The first kappa shape index (κ1) is 28.5. The van der Waals surface area contributed by atoms with Crippen molar-refractivity contribution in [3.63, 3.8) is 0 Å². The molecule has 5 rings (SSSR count). The van der Waals surface area contributed by atoms with E-state index in [0.29, 0.717) is 57.4 Å². The number of alkyl halides is 3. The van der Waals surface area contributed by atoms with E-state index in [9.17, 15) is 32.5 Å². The zero-order chi connectivity index (χ0) is 29.1. The second-order valence-corrected chi connectivity index (χ2v) is 10.3. The van der Waals surface area contributed by atoms with E-state index in [4.69, 9.17) is 4.74 Å². The number of carbonyl (C=O) groups excluding carboxylic acids is 1. The topological polar surface area (TPSA) is 101 Å². The van der Waals surface area contributed by atoms with Crippen molar-refractivity contribution in [2.24, 2.45) is 0 Å². The monoisotopic (exact) mass is 575 g/mol. The Morgan fingerprint density at radius 3 is 2.44 bits per heavy atom. The third-order valence-corrected chi connectivity index (χ3v) is 7.58. The zero-order valence-corrected chi connectivity index (χ0v) is 22.1. The SMILES string of the molecule is O=C(CO[C@H]1CC[C@H](Nc2ccc([N+](=O)[O-])c(C(F)(F)F)c2)CC1)N1CCN(c2ccc3cc(F)ccc3n2)CC1. The number of amides is 1. The largest absolute Gasteiger partial charge is 0.423 e. The number of pyridine rings is 1. The highest BCUT2D eigenvalue weighted by molar-refractivity contribution is 5.80. The summed E-state index contributed by atoms with van der Waals surface area (Å²) in [7, 11) is 0. The van der Waals surface area contributed by atoms with Crippen molar-refractivity contribution in [1.29, 1.82) is 0 Å². The summed E-state index contributed by atoms with van der Waals surface area (Å²) in [5, 5.41) is 14.7. The third kappa shape index (κ3) is 6.84. The molecule has 0 atom stereocenters. The van der Waals surface area contributed by atoms with E-state index in [0.717, 1.165) is 23.3 Å². The summed E-state index contributed by atoms with van der Waals surface area (Å²) in [4.78, 5) is 31.2. The highest BCUT2D eigenvalue weighted by Crippen LogP contribution is 2.38. The molecule has 1 aromatic heterocycles. The van der Waals surface area contributed by atoms with Gasteiger partial charge < -0.3 is 19.9 Å². The molecule has 2 fully saturated rings. The number of nitro benzene ring substituents is 1. The fourth-order valence-corrected chi connectivity index (χ4v) is 5.35. The van der Waals surface area contributed by atoms with Gasteiger partial charge in [-0.1, -0.05) is 0 Å². The molecule has 9 nitrogen and oxygen atoms in total. The molecule has 1 aliphatic carbocycles. The van der Waals surface area contributed by atoms with Crippen LogP contribution in [0.1, 0.15) is 31.2 Å². The number of aromatic nitrogens is 1. The van der Waals surface area contributed by atoms with Crippen LogP contribution in [0.3, 0.4) is 0 Å². The number of anilines is 2. The Morgan fingerprint density at radius 1 is 1.02 bits per heavy atom. The number of fused-ring (bicyclic) bond motifs is 1. The van der Waals surface area contributed by atoms with Crippen LogP contribution < -0.4 is 10.2 Å². The molecular weight excluding hydrogens is 546 g/mol. The minimum absolute atomic E-state index is 0.0418. The Hall–Kier alpha value is -4.00. The summed E-state index contributed by atoms with van der Waals surface area (Å²) < 4.78 is 59.1. The summed E-state index contributed by atoms with van der Waals surface area (Å²) in [6.45, 7) is 2.23. The van der Waals surface area contributed by atoms with E-state index in [1.807, 2.05) is 12.1 Å². The van der Waals surface area contributed by atoms with Gasteiger partial charge in [-0.2, -0.15) is 13.2 Å². The quantitative estimate of drug-likeness (QED) is 0.229. The molecule has 2 aromatic carbocycles. The number of rotatable bonds is 7. The molecule has 0 radical (unpaired) electrons. The van der Waals surface area contributed by atoms with Gasteiger partial charge in [-0.3, -0.25) is 14.9 Å². The Labute approximate surface area is 233 Å². The van der Waals surface area contributed by atoms with Gasteiger partial charge in [0.05, 0.1) is 16.5 Å². The molecular formula is C28H29F4N5O4. The molecule has 3 aromatic rings. The van der Waals surface area contributed by atoms with Crippen molar-refractivity contribution in [3.05, 3.63) is 70.0 Å². The molecule has 0 bridgehead atoms. The molecule has 218 valence electrons. The van der Waals surface area contributed by atoms with Crippen LogP contribution in [0.25, 0.3) is 10.9 Å². The standard InChI is InChI=1S/C28H29F4N5O4/c29-19-2-8-24-18(15-19)1-10-26(34-24)35-11-13-36(14-12-35)27(38)17-41-22-6-3-20(4-7-22)33-21-5-9-25(37(39)40)23(16-21)28(30,31)32/h1-2,5,8-10,15-16,20,22,33H,3-4,6-7,11-14,17H2/t20-,22-. The van der Waals surface area contributed by atoms with Crippen LogP contribution in [0.4, 0.5) is 34.8 Å². The maximum atomic E-state index is 13.4. The lowest BCUT2D eigenvalue weighted by Gasteiger charge is -2.36. The minimum atomic E-state index is -4.83. The van der Waals surface area contributed by atoms with Crippen molar-refractivity contribution in [1.82, 2.24) is 9.88 Å². The molecule has 1 aliphatic heterocycles. The summed E-state index contributed by atoms with van der Waals surface area (Å²) in [5.41, 5.74) is -1.38. The molecule has 2 aliphatic rings. The number of piperazine rings is 1. The smallest absolute Gasteiger partial charge is 0.382 e. The molecule has 1 N–H and O–H groups in total. The maximum absolute atomic E-state index is 13.4. The first-order chi connectivity index (χ1) is 19.6. The fourth-order valence-electron chi connectivity index (χ4n) is 5.35. The second kappa shape index (κ2) is 11.9. The number of nitrogens with one attached hydrogen (secondary N) is 1. The van der Waals surface area contributed by atoms with Gasteiger partial charge in [0.25, 0.3) is 5.69 Å². The Morgan fingerprint density at radius 2 is 1.76 bits per heavy atom. The number of halogens is 4. The summed E-state index contributed by atoms with van der Waals surface area (Å²) in [5.74, 6) is 0.370. The zero-order valence-electron chi connectivity index (χ0n) is 22.1. The third-order valence-electron chi connectivity index (χ3n) is 7.58. The normalized spacial score (nSPS) is 19.8. The molecule has 13 heteroatoms. The van der Waals surface area contributed by atoms with Gasteiger partial charge >= 0.3 is 6.18 Å². The molecule has 1 amide bonds. The predicted molar refractivity (Wildman–Crippen MR) is 144 cm³/mol. The minimum Gasteiger partial charge on any atom is -0.382 e. The molecule has 1 saturated carbocycles. The summed E-state index contributed by atoms with van der Waals surface area (Å²) in [6, 6.07) is 11.0. The highest BCUT2D eigenvalue weighted by Gasteiger charge is 2.38. The van der Waals surface area contributed by atoms with E-state index in [-0.39, 0.29) is 36.2 Å². The molecule has 0 unspecified atom stereocenters. The highest BCUT2D eigenvalue weighted by atomic mass is 19.4. The van der Waals surface area contributed by atoms with Crippen molar-refractivity contribution in [2.45, 2.75) is 44.0 Å². The van der Waals surface area contributed by atoms with Crippen molar-refractivity contribution >= 4 is 34.0 Å². The predicted octanol–water partition coefficient (Wildman–Crippen LogP) is 5.39. The summed E-state index contributed by atoms with van der Waals surface area (Å²) in [6.07, 6.45) is -2.44. The number of hydrogen-bond acceptors (Lipinski definition) is 7. The lowest BCUT2D eigenvalue weighted by Crippen LogP contribution is -2.50. The Kier molecular flexibility index (Phi) is 8.25. The van der Waals surface area contributed by atoms with Crippen molar-refractivity contribution in [2.75, 3.05) is 43.0 Å². The van der Waals surface area contributed by atoms with Crippen LogP contribution in [0, 0.1) is 15.9 Å².